The number of aromatic nitrogens is 4. The van der Waals surface area contributed by atoms with Crippen LogP contribution in [0.3, 0.4) is 0 Å². The Bertz CT molecular complexity index is 2320. The van der Waals surface area contributed by atoms with Crippen LogP contribution >= 0.6 is 11.3 Å². The Kier molecular flexibility index (Phi) is 7.38. The first-order valence-electron chi connectivity index (χ1n) is 16.8. The SMILES string of the molecule is COc1c(F)ccc2c1CCC2Nc1ccnc2cc(-c3c4c(nc(CCc5ccc(F)cc5)c3-c3nnc(C)o3)[C@@H]3CCCN3C4=O)sc12. The molecule has 0 saturated carbocycles. The first-order valence-corrected chi connectivity index (χ1v) is 17.6. The monoisotopic (exact) mass is 690 g/mol. The number of hydrogen-bond donors (Lipinski definition) is 1. The van der Waals surface area contributed by atoms with Crippen LogP contribution in [0.2, 0.25) is 0 Å². The Morgan fingerprint density at radius 2 is 1.90 bits per heavy atom. The molecule has 2 atom stereocenters. The Morgan fingerprint density at radius 3 is 2.70 bits per heavy atom. The molecule has 1 aliphatic carbocycles. The summed E-state index contributed by atoms with van der Waals surface area (Å²) in [7, 11) is 1.50. The summed E-state index contributed by atoms with van der Waals surface area (Å²) in [6, 6.07) is 13.6. The Labute approximate surface area is 290 Å². The Balaban J connectivity index is 1.20. The van der Waals surface area contributed by atoms with Gasteiger partial charge in [0.2, 0.25) is 11.8 Å². The predicted molar refractivity (Wildman–Crippen MR) is 185 cm³/mol. The number of hydrogen-bond acceptors (Lipinski definition) is 9. The largest absolute Gasteiger partial charge is 0.493 e. The number of carbonyl (C=O) groups is 1. The summed E-state index contributed by atoms with van der Waals surface area (Å²) >= 11 is 1.55. The average molecular weight is 691 g/mol. The van der Waals surface area contributed by atoms with Crippen molar-refractivity contribution in [1.82, 2.24) is 25.1 Å². The minimum absolute atomic E-state index is 0.0374. The molecule has 0 spiro atoms. The minimum atomic E-state index is -0.356. The number of halogens is 2. The van der Waals surface area contributed by atoms with Crippen molar-refractivity contribution in [3.8, 4) is 27.6 Å². The molecule has 1 unspecified atom stereocenters. The van der Waals surface area contributed by atoms with Gasteiger partial charge >= 0.3 is 0 Å². The van der Waals surface area contributed by atoms with Crippen LogP contribution in [0.15, 0.2) is 59.1 Å². The van der Waals surface area contributed by atoms with Gasteiger partial charge in [0, 0.05) is 35.7 Å². The predicted octanol–water partition coefficient (Wildman–Crippen LogP) is 8.18. The molecule has 252 valence electrons. The van der Waals surface area contributed by atoms with E-state index in [1.807, 2.05) is 23.1 Å². The molecule has 4 aromatic heterocycles. The minimum Gasteiger partial charge on any atom is -0.493 e. The van der Waals surface area contributed by atoms with Crippen LogP contribution in [0.5, 0.6) is 5.75 Å². The van der Waals surface area contributed by atoms with Gasteiger partial charge < -0.3 is 19.4 Å². The van der Waals surface area contributed by atoms with Gasteiger partial charge in [0.05, 0.1) is 57.6 Å². The molecule has 9 nitrogen and oxygen atoms in total. The van der Waals surface area contributed by atoms with Gasteiger partial charge in [-0.1, -0.05) is 18.2 Å². The number of pyridine rings is 2. The third-order valence-corrected chi connectivity index (χ3v) is 11.3. The lowest BCUT2D eigenvalue weighted by molar-refractivity contribution is 0.0776. The molecule has 9 rings (SSSR count). The van der Waals surface area contributed by atoms with Gasteiger partial charge in [0.25, 0.3) is 5.91 Å². The lowest BCUT2D eigenvalue weighted by atomic mass is 9.93. The van der Waals surface area contributed by atoms with E-state index in [1.54, 1.807) is 36.6 Å². The number of thiophene rings is 1. The number of methoxy groups -OCH3 is 1. The van der Waals surface area contributed by atoms with Crippen molar-refractivity contribution < 1.29 is 22.7 Å². The lowest BCUT2D eigenvalue weighted by Crippen LogP contribution is -2.22. The fourth-order valence-electron chi connectivity index (χ4n) is 7.90. The molecule has 12 heteroatoms. The first-order chi connectivity index (χ1) is 24.4. The van der Waals surface area contributed by atoms with Crippen molar-refractivity contribution in [3.05, 3.63) is 106 Å². The molecular weight excluding hydrogens is 659 g/mol. The van der Waals surface area contributed by atoms with E-state index >= 15 is 0 Å². The lowest BCUT2D eigenvalue weighted by Gasteiger charge is -2.17. The zero-order valence-corrected chi connectivity index (χ0v) is 28.2. The van der Waals surface area contributed by atoms with E-state index in [4.69, 9.17) is 19.1 Å². The fraction of sp³-hybridized carbons (Fsp3) is 0.289. The maximum Gasteiger partial charge on any atom is 0.257 e. The van der Waals surface area contributed by atoms with Crippen molar-refractivity contribution in [2.24, 2.45) is 0 Å². The number of benzene rings is 2. The summed E-state index contributed by atoms with van der Waals surface area (Å²) in [5.74, 6) is 0.327. The van der Waals surface area contributed by atoms with Crippen LogP contribution < -0.4 is 10.1 Å². The molecule has 2 aromatic carbocycles. The molecule has 1 saturated heterocycles. The zero-order valence-electron chi connectivity index (χ0n) is 27.4. The second kappa shape index (κ2) is 12.0. The summed E-state index contributed by atoms with van der Waals surface area (Å²) in [4.78, 5) is 26.9. The van der Waals surface area contributed by atoms with Crippen LogP contribution in [-0.4, -0.2) is 44.6 Å². The molecule has 3 aliphatic rings. The van der Waals surface area contributed by atoms with Crippen LogP contribution in [-0.2, 0) is 19.3 Å². The number of ether oxygens (including phenoxy) is 1. The van der Waals surface area contributed by atoms with E-state index in [0.29, 0.717) is 54.5 Å². The molecule has 1 amide bonds. The molecular formula is C38H32F2N6O3S. The van der Waals surface area contributed by atoms with E-state index in [9.17, 15) is 13.6 Å². The number of carbonyl (C=O) groups excluding carboxylic acids is 1. The summed E-state index contributed by atoms with van der Waals surface area (Å²) in [6.07, 6.45) is 6.16. The zero-order chi connectivity index (χ0) is 34.1. The molecule has 50 heavy (non-hydrogen) atoms. The highest BCUT2D eigenvalue weighted by Crippen LogP contribution is 2.51. The molecule has 6 heterocycles. The van der Waals surface area contributed by atoms with Gasteiger partial charge in [-0.3, -0.25) is 14.8 Å². The van der Waals surface area contributed by atoms with Gasteiger partial charge in [-0.2, -0.15) is 0 Å². The molecule has 2 aliphatic heterocycles. The highest BCUT2D eigenvalue weighted by Gasteiger charge is 2.45. The first kappa shape index (κ1) is 30.8. The van der Waals surface area contributed by atoms with Gasteiger partial charge in [-0.25, -0.2) is 8.78 Å². The summed E-state index contributed by atoms with van der Waals surface area (Å²) in [6.45, 7) is 2.42. The van der Waals surface area contributed by atoms with Crippen LogP contribution in [0.1, 0.15) is 75.7 Å². The van der Waals surface area contributed by atoms with Crippen molar-refractivity contribution >= 4 is 33.1 Å². The third kappa shape index (κ3) is 4.95. The maximum absolute atomic E-state index is 14.5. The number of amides is 1. The number of aryl methyl sites for hydroxylation is 3. The second-order valence-electron chi connectivity index (χ2n) is 13.0. The molecule has 0 bridgehead atoms. The number of nitrogens with zero attached hydrogens (tertiary/aromatic N) is 5. The number of anilines is 1. The topological polar surface area (TPSA) is 106 Å². The Morgan fingerprint density at radius 1 is 1.04 bits per heavy atom. The maximum atomic E-state index is 14.5. The van der Waals surface area contributed by atoms with Gasteiger partial charge in [-0.05, 0) is 80.0 Å². The van der Waals surface area contributed by atoms with Gasteiger partial charge in [0.1, 0.15) is 5.82 Å². The molecule has 1 N–H and O–H groups in total. The number of nitrogens with one attached hydrogen (secondary N) is 1. The molecule has 1 fully saturated rings. The van der Waals surface area contributed by atoms with Gasteiger partial charge in [-0.15, -0.1) is 21.5 Å². The normalized spacial score (nSPS) is 17.8. The molecule has 0 radical (unpaired) electrons. The van der Waals surface area contributed by atoms with Gasteiger partial charge in [0.15, 0.2) is 11.6 Å². The summed E-state index contributed by atoms with van der Waals surface area (Å²) < 4.78 is 40.6. The second-order valence-corrected chi connectivity index (χ2v) is 14.1. The van der Waals surface area contributed by atoms with Crippen LogP contribution in [0, 0.1) is 18.6 Å². The summed E-state index contributed by atoms with van der Waals surface area (Å²) in [5, 5.41) is 12.3. The number of fused-ring (bicyclic) bond motifs is 5. The molecule has 6 aromatic rings. The summed E-state index contributed by atoms with van der Waals surface area (Å²) in [5.41, 5.74) is 8.03. The van der Waals surface area contributed by atoms with E-state index in [1.165, 1.54) is 25.3 Å². The van der Waals surface area contributed by atoms with Crippen LogP contribution in [0.4, 0.5) is 14.5 Å². The Hall–Kier alpha value is -5.23. The van der Waals surface area contributed by atoms with Crippen molar-refractivity contribution in [2.45, 2.75) is 57.5 Å². The van der Waals surface area contributed by atoms with E-state index in [0.717, 1.165) is 73.7 Å². The van der Waals surface area contributed by atoms with Crippen molar-refractivity contribution in [3.63, 3.8) is 0 Å². The highest BCUT2D eigenvalue weighted by atomic mass is 32.1. The fourth-order valence-corrected chi connectivity index (χ4v) is 9.04. The smallest absolute Gasteiger partial charge is 0.257 e. The third-order valence-electron chi connectivity index (χ3n) is 10.1. The van der Waals surface area contributed by atoms with E-state index in [-0.39, 0.29) is 29.6 Å². The van der Waals surface area contributed by atoms with Crippen LogP contribution in [0.25, 0.3) is 32.1 Å². The number of rotatable bonds is 8. The standard InChI is InChI=1S/C38H32F2N6O3S/c1-19-44-45-37(49-19)31-26(13-7-20-5-8-21(39)9-6-20)43-34-29-4-3-17-46(29)38(47)33(34)32(31)30-18-28-36(50-30)27(15-16-41-28)42-25-14-11-23-22(25)10-12-24(40)35(23)48-2/h5-6,8-10,12,15-16,18,25,29H,3-4,7,11,13-14,17H2,1-2H3,(H,41,42)/t25?,29-/m0/s1. The average Bonchev–Trinajstić information content (AvgIpc) is 3.96. The van der Waals surface area contributed by atoms with Crippen molar-refractivity contribution in [1.29, 1.82) is 0 Å². The van der Waals surface area contributed by atoms with E-state index in [2.05, 4.69) is 15.5 Å². The van der Waals surface area contributed by atoms with Crippen molar-refractivity contribution in [2.75, 3.05) is 19.0 Å². The highest BCUT2D eigenvalue weighted by molar-refractivity contribution is 7.22. The van der Waals surface area contributed by atoms with E-state index < -0.39 is 0 Å². The quantitative estimate of drug-likeness (QED) is 0.171.